The molecule has 1 aliphatic rings. The minimum Gasteiger partial charge on any atom is -0.383 e. The van der Waals surface area contributed by atoms with Crippen LogP contribution >= 0.6 is 0 Å². The smallest absolute Gasteiger partial charge is 0.146 e. The van der Waals surface area contributed by atoms with Gasteiger partial charge in [-0.25, -0.2) is 0 Å². The van der Waals surface area contributed by atoms with Crippen LogP contribution in [0.1, 0.15) is 57.1 Å². The SMILES string of the molecule is COCCn1c(CN)nnc1C1CCCCC1(C)C. The van der Waals surface area contributed by atoms with Gasteiger partial charge in [-0.05, 0) is 18.3 Å². The summed E-state index contributed by atoms with van der Waals surface area (Å²) in [6, 6.07) is 0. The third kappa shape index (κ3) is 2.98. The monoisotopic (exact) mass is 266 g/mol. The van der Waals surface area contributed by atoms with Gasteiger partial charge in [0.2, 0.25) is 0 Å². The van der Waals surface area contributed by atoms with E-state index in [1.54, 1.807) is 7.11 Å². The highest BCUT2D eigenvalue weighted by Crippen LogP contribution is 2.46. The van der Waals surface area contributed by atoms with Gasteiger partial charge < -0.3 is 15.0 Å². The van der Waals surface area contributed by atoms with Crippen LogP contribution in [0.15, 0.2) is 0 Å². The molecule has 1 heterocycles. The molecule has 0 radical (unpaired) electrons. The summed E-state index contributed by atoms with van der Waals surface area (Å²) in [6.07, 6.45) is 5.05. The zero-order chi connectivity index (χ0) is 13.9. The van der Waals surface area contributed by atoms with Crippen molar-refractivity contribution in [3.8, 4) is 0 Å². The molecule has 1 atom stereocenters. The van der Waals surface area contributed by atoms with Crippen molar-refractivity contribution in [2.75, 3.05) is 13.7 Å². The maximum atomic E-state index is 5.77. The van der Waals surface area contributed by atoms with Crippen LogP contribution < -0.4 is 5.73 Å². The molecule has 0 aromatic carbocycles. The van der Waals surface area contributed by atoms with Crippen molar-refractivity contribution in [2.24, 2.45) is 11.1 Å². The van der Waals surface area contributed by atoms with E-state index in [1.807, 2.05) is 0 Å². The first-order valence-corrected chi connectivity index (χ1v) is 7.21. The summed E-state index contributed by atoms with van der Waals surface area (Å²) in [5.74, 6) is 2.45. The summed E-state index contributed by atoms with van der Waals surface area (Å²) in [7, 11) is 1.72. The van der Waals surface area contributed by atoms with E-state index in [2.05, 4.69) is 28.6 Å². The third-order valence-electron chi connectivity index (χ3n) is 4.38. The van der Waals surface area contributed by atoms with Gasteiger partial charge in [0.25, 0.3) is 0 Å². The molecule has 0 spiro atoms. The second-order valence-corrected chi connectivity index (χ2v) is 6.11. The Morgan fingerprint density at radius 3 is 2.79 bits per heavy atom. The topological polar surface area (TPSA) is 66.0 Å². The van der Waals surface area contributed by atoms with Gasteiger partial charge >= 0.3 is 0 Å². The second kappa shape index (κ2) is 6.01. The zero-order valence-electron chi connectivity index (χ0n) is 12.4. The fourth-order valence-electron chi connectivity index (χ4n) is 3.16. The Labute approximate surface area is 115 Å². The fourth-order valence-corrected chi connectivity index (χ4v) is 3.16. The summed E-state index contributed by atoms with van der Waals surface area (Å²) in [5, 5.41) is 8.70. The van der Waals surface area contributed by atoms with Gasteiger partial charge in [-0.15, -0.1) is 10.2 Å². The van der Waals surface area contributed by atoms with E-state index in [-0.39, 0.29) is 0 Å². The average Bonchev–Trinajstić information content (AvgIpc) is 2.78. The minimum absolute atomic E-state index is 0.294. The number of hydrogen-bond acceptors (Lipinski definition) is 4. The van der Waals surface area contributed by atoms with Crippen LogP contribution in [-0.2, 0) is 17.8 Å². The summed E-state index contributed by atoms with van der Waals surface area (Å²) >= 11 is 0. The van der Waals surface area contributed by atoms with Crippen LogP contribution in [0.25, 0.3) is 0 Å². The molecule has 1 unspecified atom stereocenters. The maximum absolute atomic E-state index is 5.77. The largest absolute Gasteiger partial charge is 0.383 e. The molecule has 5 heteroatoms. The molecule has 1 fully saturated rings. The van der Waals surface area contributed by atoms with Crippen LogP contribution in [0.3, 0.4) is 0 Å². The van der Waals surface area contributed by atoms with Crippen molar-refractivity contribution in [2.45, 2.75) is 58.5 Å². The first-order valence-electron chi connectivity index (χ1n) is 7.21. The van der Waals surface area contributed by atoms with E-state index in [0.717, 1.165) is 18.2 Å². The van der Waals surface area contributed by atoms with Gasteiger partial charge in [0.1, 0.15) is 11.6 Å². The van der Waals surface area contributed by atoms with Gasteiger partial charge in [-0.2, -0.15) is 0 Å². The summed E-state index contributed by atoms with van der Waals surface area (Å²) in [4.78, 5) is 0. The molecule has 5 nitrogen and oxygen atoms in total. The number of rotatable bonds is 5. The highest BCUT2D eigenvalue weighted by Gasteiger charge is 2.36. The van der Waals surface area contributed by atoms with E-state index in [1.165, 1.54) is 25.7 Å². The maximum Gasteiger partial charge on any atom is 0.146 e. The third-order valence-corrected chi connectivity index (χ3v) is 4.38. The molecular weight excluding hydrogens is 240 g/mol. The lowest BCUT2D eigenvalue weighted by atomic mass is 9.68. The van der Waals surface area contributed by atoms with Crippen molar-refractivity contribution in [3.05, 3.63) is 11.6 Å². The van der Waals surface area contributed by atoms with Crippen molar-refractivity contribution in [1.29, 1.82) is 0 Å². The highest BCUT2D eigenvalue weighted by atomic mass is 16.5. The van der Waals surface area contributed by atoms with E-state index in [4.69, 9.17) is 10.5 Å². The lowest BCUT2D eigenvalue weighted by molar-refractivity contribution is 0.170. The Bertz CT molecular complexity index is 414. The van der Waals surface area contributed by atoms with E-state index in [9.17, 15) is 0 Å². The number of methoxy groups -OCH3 is 1. The molecular formula is C14H26N4O. The van der Waals surface area contributed by atoms with Gasteiger partial charge in [0.15, 0.2) is 0 Å². The van der Waals surface area contributed by atoms with Crippen LogP contribution in [0.5, 0.6) is 0 Å². The van der Waals surface area contributed by atoms with Crippen molar-refractivity contribution >= 4 is 0 Å². The van der Waals surface area contributed by atoms with E-state index < -0.39 is 0 Å². The molecule has 0 aliphatic heterocycles. The summed E-state index contributed by atoms with van der Waals surface area (Å²) in [5.41, 5.74) is 6.06. The van der Waals surface area contributed by atoms with Crippen LogP contribution in [0, 0.1) is 5.41 Å². The normalized spacial score (nSPS) is 22.6. The molecule has 0 bridgehead atoms. The molecule has 1 saturated carbocycles. The minimum atomic E-state index is 0.294. The lowest BCUT2D eigenvalue weighted by Gasteiger charge is -2.38. The van der Waals surface area contributed by atoms with Crippen molar-refractivity contribution < 1.29 is 4.74 Å². The first-order chi connectivity index (χ1) is 9.10. The number of nitrogens with zero attached hydrogens (tertiary/aromatic N) is 3. The summed E-state index contributed by atoms with van der Waals surface area (Å²) < 4.78 is 7.36. The van der Waals surface area contributed by atoms with Gasteiger partial charge in [0.05, 0.1) is 13.2 Å². The second-order valence-electron chi connectivity index (χ2n) is 6.11. The van der Waals surface area contributed by atoms with Crippen LogP contribution in [-0.4, -0.2) is 28.5 Å². The molecule has 0 amide bonds. The molecule has 1 aliphatic carbocycles. The number of aromatic nitrogens is 3. The van der Waals surface area contributed by atoms with E-state index in [0.29, 0.717) is 24.5 Å². The van der Waals surface area contributed by atoms with Crippen LogP contribution in [0.4, 0.5) is 0 Å². The standard InChI is InChI=1S/C14H26N4O/c1-14(2)7-5-4-6-11(14)13-17-16-12(10-15)18(13)8-9-19-3/h11H,4-10,15H2,1-3H3. The predicted octanol–water partition coefficient (Wildman–Crippen LogP) is 2.07. The van der Waals surface area contributed by atoms with Gasteiger partial charge in [-0.1, -0.05) is 26.7 Å². The molecule has 2 N–H and O–H groups in total. The number of ether oxygens (including phenoxy) is 1. The predicted molar refractivity (Wildman–Crippen MR) is 74.8 cm³/mol. The zero-order valence-corrected chi connectivity index (χ0v) is 12.4. The van der Waals surface area contributed by atoms with Gasteiger partial charge in [-0.3, -0.25) is 0 Å². The number of hydrogen-bond donors (Lipinski definition) is 1. The molecule has 108 valence electrons. The Morgan fingerprint density at radius 1 is 1.37 bits per heavy atom. The van der Waals surface area contributed by atoms with Gasteiger partial charge in [0, 0.05) is 19.6 Å². The molecule has 1 aromatic heterocycles. The van der Waals surface area contributed by atoms with Crippen molar-refractivity contribution in [3.63, 3.8) is 0 Å². The summed E-state index contributed by atoms with van der Waals surface area (Å²) in [6.45, 7) is 6.58. The molecule has 1 aromatic rings. The van der Waals surface area contributed by atoms with Crippen molar-refractivity contribution in [1.82, 2.24) is 14.8 Å². The Hall–Kier alpha value is -0.940. The molecule has 0 saturated heterocycles. The first kappa shape index (κ1) is 14.5. The van der Waals surface area contributed by atoms with E-state index >= 15 is 0 Å². The molecule has 2 rings (SSSR count). The Balaban J connectivity index is 2.29. The average molecular weight is 266 g/mol. The Kier molecular flexibility index (Phi) is 4.58. The fraction of sp³-hybridized carbons (Fsp3) is 0.857. The Morgan fingerprint density at radius 2 is 2.16 bits per heavy atom. The van der Waals surface area contributed by atoms with Crippen LogP contribution in [0.2, 0.25) is 0 Å². The quantitative estimate of drug-likeness (QED) is 0.886. The lowest BCUT2D eigenvalue weighted by Crippen LogP contribution is -2.29. The molecule has 19 heavy (non-hydrogen) atoms. The number of nitrogens with two attached hydrogens (primary N) is 1. The highest BCUT2D eigenvalue weighted by molar-refractivity contribution is 5.08.